The van der Waals surface area contributed by atoms with E-state index in [1.807, 2.05) is 16.8 Å². The maximum absolute atomic E-state index is 12.1. The number of Topliss-reactive ketones (excluding diaryl/α,β-unsaturated/α-hetero) is 1. The number of aryl methyl sites for hydroxylation is 3. The van der Waals surface area contributed by atoms with Crippen LogP contribution in [-0.4, -0.2) is 20.5 Å². The Balaban J connectivity index is 1.90. The summed E-state index contributed by atoms with van der Waals surface area (Å²) in [4.78, 5) is 16.2. The monoisotopic (exact) mass is 271 g/mol. The predicted molar refractivity (Wildman–Crippen MR) is 78.5 cm³/mol. The van der Waals surface area contributed by atoms with Gasteiger partial charge in [0.05, 0.1) is 6.42 Å². The van der Waals surface area contributed by atoms with E-state index in [9.17, 15) is 4.79 Å². The number of carbonyl (C=O) groups is 1. The lowest BCUT2D eigenvalue weighted by Gasteiger charge is -2.06. The van der Waals surface area contributed by atoms with E-state index in [4.69, 9.17) is 0 Å². The number of ketones is 1. The number of carbonyl (C=O) groups excluding carboxylic acids is 1. The standard InChI is InChI=1S/C16H21N3O/c1-3-10-19-16(17-12-18-19)11-15(20)9-8-14-7-5-4-6-13(14)2/h4-7,12H,3,8-11H2,1-2H3. The first-order chi connectivity index (χ1) is 9.70. The van der Waals surface area contributed by atoms with Gasteiger partial charge >= 0.3 is 0 Å². The van der Waals surface area contributed by atoms with Crippen LogP contribution < -0.4 is 0 Å². The van der Waals surface area contributed by atoms with Gasteiger partial charge in [-0.05, 0) is 30.9 Å². The summed E-state index contributed by atoms with van der Waals surface area (Å²) in [6.45, 7) is 4.99. The zero-order valence-electron chi connectivity index (χ0n) is 12.2. The number of aromatic nitrogens is 3. The van der Waals surface area contributed by atoms with Crippen molar-refractivity contribution in [3.63, 3.8) is 0 Å². The number of hydrogen-bond donors (Lipinski definition) is 0. The SMILES string of the molecule is CCCn1ncnc1CC(=O)CCc1ccccc1C. The van der Waals surface area contributed by atoms with Crippen LogP contribution in [0.25, 0.3) is 0 Å². The van der Waals surface area contributed by atoms with Gasteiger partial charge < -0.3 is 0 Å². The van der Waals surface area contributed by atoms with Crippen LogP contribution in [0.5, 0.6) is 0 Å². The fourth-order valence-electron chi connectivity index (χ4n) is 2.25. The first-order valence-electron chi connectivity index (χ1n) is 7.13. The van der Waals surface area contributed by atoms with Crippen molar-refractivity contribution >= 4 is 5.78 Å². The Morgan fingerprint density at radius 3 is 2.85 bits per heavy atom. The van der Waals surface area contributed by atoms with Gasteiger partial charge in [-0.3, -0.25) is 4.79 Å². The van der Waals surface area contributed by atoms with Gasteiger partial charge in [0.1, 0.15) is 17.9 Å². The third-order valence-corrected chi connectivity index (χ3v) is 3.42. The summed E-state index contributed by atoms with van der Waals surface area (Å²) in [5, 5.41) is 4.14. The molecule has 0 amide bonds. The average Bonchev–Trinajstić information content (AvgIpc) is 2.86. The maximum Gasteiger partial charge on any atom is 0.140 e. The van der Waals surface area contributed by atoms with Crippen molar-refractivity contribution < 1.29 is 4.79 Å². The van der Waals surface area contributed by atoms with Crippen LogP contribution in [0.3, 0.4) is 0 Å². The minimum atomic E-state index is 0.221. The van der Waals surface area contributed by atoms with E-state index >= 15 is 0 Å². The van der Waals surface area contributed by atoms with Gasteiger partial charge in [-0.1, -0.05) is 31.2 Å². The summed E-state index contributed by atoms with van der Waals surface area (Å²) in [5.41, 5.74) is 2.49. The van der Waals surface area contributed by atoms with Crippen LogP contribution in [0.4, 0.5) is 0 Å². The molecule has 0 spiro atoms. The quantitative estimate of drug-likeness (QED) is 0.778. The molecule has 4 heteroatoms. The molecule has 2 aromatic rings. The first-order valence-corrected chi connectivity index (χ1v) is 7.13. The van der Waals surface area contributed by atoms with Crippen molar-refractivity contribution in [3.05, 3.63) is 47.5 Å². The number of nitrogens with zero attached hydrogens (tertiary/aromatic N) is 3. The van der Waals surface area contributed by atoms with E-state index in [-0.39, 0.29) is 5.78 Å². The Kier molecular flexibility index (Phi) is 5.04. The molecule has 0 radical (unpaired) electrons. The van der Waals surface area contributed by atoms with Crippen molar-refractivity contribution in [2.24, 2.45) is 0 Å². The van der Waals surface area contributed by atoms with Crippen LogP contribution in [0, 0.1) is 6.92 Å². The van der Waals surface area contributed by atoms with E-state index in [0.29, 0.717) is 12.8 Å². The molecule has 0 aliphatic heterocycles. The Morgan fingerprint density at radius 1 is 1.30 bits per heavy atom. The molecule has 0 aliphatic carbocycles. The smallest absolute Gasteiger partial charge is 0.140 e. The molecule has 0 unspecified atom stereocenters. The molecular weight excluding hydrogens is 250 g/mol. The minimum absolute atomic E-state index is 0.221. The zero-order chi connectivity index (χ0) is 14.4. The van der Waals surface area contributed by atoms with Crippen LogP contribution >= 0.6 is 0 Å². The third kappa shape index (κ3) is 3.76. The highest BCUT2D eigenvalue weighted by Crippen LogP contribution is 2.10. The molecule has 106 valence electrons. The predicted octanol–water partition coefficient (Wildman–Crippen LogP) is 2.74. The van der Waals surface area contributed by atoms with Crippen molar-refractivity contribution in [2.45, 2.75) is 46.1 Å². The first kappa shape index (κ1) is 14.4. The largest absolute Gasteiger partial charge is 0.299 e. The lowest BCUT2D eigenvalue weighted by Crippen LogP contribution is -2.12. The molecule has 1 heterocycles. The molecule has 0 bridgehead atoms. The molecule has 20 heavy (non-hydrogen) atoms. The van der Waals surface area contributed by atoms with Gasteiger partial charge in [0.25, 0.3) is 0 Å². The van der Waals surface area contributed by atoms with E-state index in [1.54, 1.807) is 0 Å². The van der Waals surface area contributed by atoms with Gasteiger partial charge in [0.15, 0.2) is 0 Å². The summed E-state index contributed by atoms with van der Waals surface area (Å²) in [6.07, 6.45) is 4.26. The molecule has 0 aliphatic rings. The molecule has 0 atom stereocenters. The van der Waals surface area contributed by atoms with E-state index in [0.717, 1.165) is 25.2 Å². The number of rotatable bonds is 7. The summed E-state index contributed by atoms with van der Waals surface area (Å²) >= 11 is 0. The average molecular weight is 271 g/mol. The van der Waals surface area contributed by atoms with Crippen LogP contribution in [-0.2, 0) is 24.2 Å². The molecule has 0 fully saturated rings. The Hall–Kier alpha value is -1.97. The van der Waals surface area contributed by atoms with Crippen LogP contribution in [0.15, 0.2) is 30.6 Å². The number of benzene rings is 1. The molecule has 4 nitrogen and oxygen atoms in total. The second kappa shape index (κ2) is 6.98. The Labute approximate surface area is 119 Å². The second-order valence-corrected chi connectivity index (χ2v) is 5.04. The highest BCUT2D eigenvalue weighted by Gasteiger charge is 2.10. The zero-order valence-corrected chi connectivity index (χ0v) is 12.2. The summed E-state index contributed by atoms with van der Waals surface area (Å²) < 4.78 is 1.83. The molecule has 2 rings (SSSR count). The molecular formula is C16H21N3O. The fourth-order valence-corrected chi connectivity index (χ4v) is 2.25. The molecule has 0 N–H and O–H groups in total. The normalized spacial score (nSPS) is 10.7. The molecule has 1 aromatic heterocycles. The maximum atomic E-state index is 12.1. The minimum Gasteiger partial charge on any atom is -0.299 e. The fraction of sp³-hybridized carbons (Fsp3) is 0.438. The molecule has 0 saturated heterocycles. The van der Waals surface area contributed by atoms with Crippen LogP contribution in [0.2, 0.25) is 0 Å². The summed E-state index contributed by atoms with van der Waals surface area (Å²) in [7, 11) is 0. The summed E-state index contributed by atoms with van der Waals surface area (Å²) in [5.74, 6) is 1.00. The topological polar surface area (TPSA) is 47.8 Å². The van der Waals surface area contributed by atoms with Gasteiger partial charge in [-0.2, -0.15) is 5.10 Å². The van der Waals surface area contributed by atoms with Crippen molar-refractivity contribution in [1.82, 2.24) is 14.8 Å². The van der Waals surface area contributed by atoms with Gasteiger partial charge in [-0.25, -0.2) is 9.67 Å². The summed E-state index contributed by atoms with van der Waals surface area (Å²) in [6, 6.07) is 8.21. The lowest BCUT2D eigenvalue weighted by molar-refractivity contribution is -0.118. The van der Waals surface area contributed by atoms with E-state index in [2.05, 4.69) is 36.1 Å². The van der Waals surface area contributed by atoms with Crippen molar-refractivity contribution in [2.75, 3.05) is 0 Å². The highest BCUT2D eigenvalue weighted by molar-refractivity contribution is 5.80. The van der Waals surface area contributed by atoms with E-state index in [1.165, 1.54) is 17.5 Å². The Morgan fingerprint density at radius 2 is 2.10 bits per heavy atom. The van der Waals surface area contributed by atoms with E-state index < -0.39 is 0 Å². The number of hydrogen-bond acceptors (Lipinski definition) is 3. The molecule has 1 aromatic carbocycles. The van der Waals surface area contributed by atoms with Crippen molar-refractivity contribution in [3.8, 4) is 0 Å². The van der Waals surface area contributed by atoms with Gasteiger partial charge in [0.2, 0.25) is 0 Å². The third-order valence-electron chi connectivity index (χ3n) is 3.42. The van der Waals surface area contributed by atoms with Gasteiger partial charge in [-0.15, -0.1) is 0 Å². The van der Waals surface area contributed by atoms with Crippen molar-refractivity contribution in [1.29, 1.82) is 0 Å². The van der Waals surface area contributed by atoms with Gasteiger partial charge in [0, 0.05) is 13.0 Å². The lowest BCUT2D eigenvalue weighted by atomic mass is 10.0. The Bertz CT molecular complexity index is 575. The van der Waals surface area contributed by atoms with Crippen LogP contribution in [0.1, 0.15) is 36.7 Å². The molecule has 0 saturated carbocycles. The second-order valence-electron chi connectivity index (χ2n) is 5.04. The highest BCUT2D eigenvalue weighted by atomic mass is 16.1.